The second-order valence-electron chi connectivity index (χ2n) is 7.29. The number of methoxy groups -OCH3 is 2. The van der Waals surface area contributed by atoms with Gasteiger partial charge in [-0.3, -0.25) is 14.3 Å². The highest BCUT2D eigenvalue weighted by Gasteiger charge is 2.62. The van der Waals surface area contributed by atoms with Crippen LogP contribution < -0.4 is 11.2 Å². The molecular weight excluding hydrogens is 475 g/mol. The van der Waals surface area contributed by atoms with E-state index in [4.69, 9.17) is 18.9 Å². The number of esters is 1. The summed E-state index contributed by atoms with van der Waals surface area (Å²) in [6.07, 6.45) is -7.50. The maximum Gasteiger partial charge on any atom is 0.508 e. The summed E-state index contributed by atoms with van der Waals surface area (Å²) in [5, 5.41) is 0. The van der Waals surface area contributed by atoms with Gasteiger partial charge in [-0.1, -0.05) is 17.7 Å². The first-order chi connectivity index (χ1) is 16.6. The van der Waals surface area contributed by atoms with E-state index in [1.807, 2.05) is 4.98 Å². The lowest BCUT2D eigenvalue weighted by atomic mass is 10.1. The number of aromatic nitrogens is 2. The van der Waals surface area contributed by atoms with Gasteiger partial charge in [0, 0.05) is 12.3 Å². The Hall–Kier alpha value is -4.20. The second kappa shape index (κ2) is 10.4. The summed E-state index contributed by atoms with van der Waals surface area (Å²) in [4.78, 5) is 61.9. The number of H-pyrrole nitrogens is 1. The van der Waals surface area contributed by atoms with Gasteiger partial charge in [-0.15, -0.1) is 0 Å². The number of carbonyl (C=O) groups excluding carboxylic acids is 3. The largest absolute Gasteiger partial charge is 0.508 e. The molecule has 14 heteroatoms. The number of halogens is 1. The van der Waals surface area contributed by atoms with Gasteiger partial charge in [0.25, 0.3) is 11.4 Å². The predicted molar refractivity (Wildman–Crippen MR) is 111 cm³/mol. The smallest absolute Gasteiger partial charge is 0.456 e. The van der Waals surface area contributed by atoms with Crippen molar-refractivity contribution in [1.82, 2.24) is 9.55 Å². The summed E-state index contributed by atoms with van der Waals surface area (Å²) in [6, 6.07) is 7.17. The molecule has 1 aromatic heterocycles. The van der Waals surface area contributed by atoms with Gasteiger partial charge < -0.3 is 28.4 Å². The molecule has 35 heavy (non-hydrogen) atoms. The number of aryl methyl sites for hydroxylation is 1. The van der Waals surface area contributed by atoms with Crippen LogP contribution in [0.25, 0.3) is 0 Å². The molecule has 1 aliphatic rings. The highest BCUT2D eigenvalue weighted by Crippen LogP contribution is 2.42. The number of hydrogen-bond acceptors (Lipinski definition) is 11. The van der Waals surface area contributed by atoms with Gasteiger partial charge in [-0.2, -0.15) is 0 Å². The van der Waals surface area contributed by atoms with Crippen molar-refractivity contribution in [2.75, 3.05) is 20.8 Å². The van der Waals surface area contributed by atoms with Crippen LogP contribution in [0.2, 0.25) is 0 Å². The molecule has 1 aliphatic heterocycles. The van der Waals surface area contributed by atoms with Crippen LogP contribution in [0.5, 0.6) is 0 Å². The molecule has 1 N–H and O–H groups in total. The minimum Gasteiger partial charge on any atom is -0.456 e. The fourth-order valence-corrected chi connectivity index (χ4v) is 3.29. The first-order valence-electron chi connectivity index (χ1n) is 9.99. The Morgan fingerprint density at radius 2 is 1.80 bits per heavy atom. The summed E-state index contributed by atoms with van der Waals surface area (Å²) in [6.45, 7) is 0.589. The summed E-state index contributed by atoms with van der Waals surface area (Å²) in [5.41, 5.74) is -0.982. The summed E-state index contributed by atoms with van der Waals surface area (Å²) in [7, 11) is 1.90. The molecule has 1 fully saturated rings. The van der Waals surface area contributed by atoms with Crippen LogP contribution in [0, 0.1) is 6.92 Å². The Balaban J connectivity index is 1.98. The first-order valence-corrected chi connectivity index (χ1v) is 9.99. The molecule has 0 spiro atoms. The number of aromatic amines is 1. The molecule has 1 aromatic carbocycles. The molecule has 0 saturated carbocycles. The van der Waals surface area contributed by atoms with Crippen LogP contribution >= 0.6 is 0 Å². The van der Waals surface area contributed by atoms with E-state index < -0.39 is 60.4 Å². The first kappa shape index (κ1) is 25.4. The Labute approximate surface area is 196 Å². The van der Waals surface area contributed by atoms with Crippen LogP contribution in [-0.4, -0.2) is 66.7 Å². The molecule has 0 bridgehead atoms. The number of hydrogen-bond donors (Lipinski definition) is 1. The van der Waals surface area contributed by atoms with Crippen LogP contribution in [0.15, 0.2) is 46.1 Å². The minimum atomic E-state index is -3.13. The Kier molecular flexibility index (Phi) is 7.54. The van der Waals surface area contributed by atoms with Crippen LogP contribution in [0.3, 0.4) is 0 Å². The van der Waals surface area contributed by atoms with Gasteiger partial charge in [0.1, 0.15) is 0 Å². The molecule has 2 aromatic rings. The summed E-state index contributed by atoms with van der Waals surface area (Å²) >= 11 is 0. The van der Waals surface area contributed by atoms with Crippen molar-refractivity contribution < 1.29 is 47.2 Å². The predicted octanol–water partition coefficient (Wildman–Crippen LogP) is 1.20. The maximum atomic E-state index is 16.1. The molecule has 0 aliphatic carbocycles. The monoisotopic (exact) mass is 496 g/mol. The van der Waals surface area contributed by atoms with Crippen molar-refractivity contribution in [2.45, 2.75) is 31.2 Å². The normalized spacial score (nSPS) is 23.3. The highest BCUT2D eigenvalue weighted by atomic mass is 19.2. The third-order valence-electron chi connectivity index (χ3n) is 4.89. The zero-order chi connectivity index (χ0) is 25.8. The van der Waals surface area contributed by atoms with E-state index in [1.54, 1.807) is 19.1 Å². The Bertz CT molecular complexity index is 1230. The van der Waals surface area contributed by atoms with E-state index in [-0.39, 0.29) is 5.56 Å². The molecule has 1 saturated heterocycles. The van der Waals surface area contributed by atoms with E-state index in [2.05, 4.69) is 9.47 Å². The van der Waals surface area contributed by atoms with Crippen LogP contribution in [0.1, 0.15) is 22.1 Å². The zero-order valence-corrected chi connectivity index (χ0v) is 18.7. The number of nitrogens with one attached hydrogen (secondary N) is 1. The van der Waals surface area contributed by atoms with Crippen molar-refractivity contribution in [3.63, 3.8) is 0 Å². The molecule has 13 nitrogen and oxygen atoms in total. The molecule has 0 amide bonds. The van der Waals surface area contributed by atoms with E-state index in [0.717, 1.165) is 32.0 Å². The standard InChI is InChI=1S/C21H21FN2O11/c1-11-5-4-6-12(9-11)17(26)32-10-21(22)15(34-20(29)31-3)14(33-19(28)30-2)16(35-21)24-8-7-13(25)23-18(24)27/h4-9,14-16H,10H2,1-3H3,(H,23,25,27)/t14-,15+,16-,21-/m1/s1. The van der Waals surface area contributed by atoms with Crippen molar-refractivity contribution in [1.29, 1.82) is 0 Å². The summed E-state index contributed by atoms with van der Waals surface area (Å²) < 4.78 is 45.9. The molecule has 3 rings (SSSR count). The van der Waals surface area contributed by atoms with Crippen LogP contribution in [-0.2, 0) is 28.4 Å². The average Bonchev–Trinajstić information content (AvgIpc) is 3.08. The maximum absolute atomic E-state index is 16.1. The Morgan fingerprint density at radius 1 is 1.11 bits per heavy atom. The average molecular weight is 496 g/mol. The number of nitrogens with zero attached hydrogens (tertiary/aromatic N) is 1. The molecule has 0 unspecified atom stereocenters. The topological polar surface area (TPSA) is 161 Å². The number of carbonyl (C=O) groups is 3. The van der Waals surface area contributed by atoms with Crippen molar-refractivity contribution in [3.05, 3.63) is 68.5 Å². The Morgan fingerprint density at radius 3 is 2.43 bits per heavy atom. The quantitative estimate of drug-likeness (QED) is 0.452. The van der Waals surface area contributed by atoms with Crippen LogP contribution in [0.4, 0.5) is 14.0 Å². The number of ether oxygens (including phenoxy) is 6. The van der Waals surface area contributed by atoms with E-state index >= 15 is 4.39 Å². The molecular formula is C21H21FN2O11. The zero-order valence-electron chi connectivity index (χ0n) is 18.7. The fraction of sp³-hybridized carbons (Fsp3) is 0.381. The number of rotatable bonds is 6. The SMILES string of the molecule is COC(=O)O[C@H]1[C@H](n2ccc(=O)[nH]c2=O)O[C@](F)(COC(=O)c2cccc(C)c2)[C@H]1OC(=O)OC. The van der Waals surface area contributed by atoms with E-state index in [9.17, 15) is 24.0 Å². The third-order valence-corrected chi connectivity index (χ3v) is 4.89. The van der Waals surface area contributed by atoms with Gasteiger partial charge in [0.05, 0.1) is 19.8 Å². The van der Waals surface area contributed by atoms with Gasteiger partial charge in [-0.25, -0.2) is 23.6 Å². The number of alkyl halides is 1. The molecule has 4 atom stereocenters. The van der Waals surface area contributed by atoms with Gasteiger partial charge in [0.15, 0.2) is 18.9 Å². The van der Waals surface area contributed by atoms with Crippen molar-refractivity contribution in [2.24, 2.45) is 0 Å². The second-order valence-corrected chi connectivity index (χ2v) is 7.29. The fourth-order valence-electron chi connectivity index (χ4n) is 3.29. The summed E-state index contributed by atoms with van der Waals surface area (Å²) in [5.74, 6) is -4.06. The lowest BCUT2D eigenvalue weighted by molar-refractivity contribution is -0.209. The molecule has 2 heterocycles. The van der Waals surface area contributed by atoms with Gasteiger partial charge in [-0.05, 0) is 19.1 Å². The number of benzene rings is 1. The molecule has 188 valence electrons. The lowest BCUT2D eigenvalue weighted by Gasteiger charge is -2.26. The van der Waals surface area contributed by atoms with E-state index in [0.29, 0.717) is 4.57 Å². The third kappa shape index (κ3) is 5.66. The van der Waals surface area contributed by atoms with Gasteiger partial charge in [0.2, 0.25) is 6.10 Å². The highest BCUT2D eigenvalue weighted by molar-refractivity contribution is 5.89. The minimum absolute atomic E-state index is 0.104. The van der Waals surface area contributed by atoms with E-state index in [1.165, 1.54) is 12.1 Å². The van der Waals surface area contributed by atoms with Crippen molar-refractivity contribution >= 4 is 18.3 Å². The molecule has 0 radical (unpaired) electrons. The van der Waals surface area contributed by atoms with Crippen molar-refractivity contribution in [3.8, 4) is 0 Å². The van der Waals surface area contributed by atoms with Gasteiger partial charge >= 0.3 is 24.0 Å². The lowest BCUT2D eigenvalue weighted by Crippen LogP contribution is -2.48.